The molecule has 1 amide bonds. The molecule has 0 aliphatic carbocycles. The molecule has 128 heavy (non-hydrogen) atoms. The zero-order valence-electron chi connectivity index (χ0n) is 79.8. The number of carbonyl (C=O) groups excluding carboxylic acids is 1. The zero-order valence-corrected chi connectivity index (χ0v) is 81.4. The Kier molecular flexibility index (Phi) is 48.6. The lowest BCUT2D eigenvalue weighted by Gasteiger charge is -2.26. The summed E-state index contributed by atoms with van der Waals surface area (Å²) < 4.78 is 39.8. The summed E-state index contributed by atoms with van der Waals surface area (Å²) in [4.78, 5) is 20.7. The van der Waals surface area contributed by atoms with Crippen molar-refractivity contribution in [1.29, 1.82) is 0 Å². The van der Waals surface area contributed by atoms with Crippen molar-refractivity contribution in [3.63, 3.8) is 0 Å². The number of rotatable bonds is 33. The van der Waals surface area contributed by atoms with Gasteiger partial charge in [0.15, 0.2) is 0 Å². The molecule has 0 saturated carbocycles. The first-order valence-electron chi connectivity index (χ1n) is 43.2. The Morgan fingerprint density at radius 1 is 0.289 bits per heavy atom. The first-order valence-corrected chi connectivity index (χ1v) is 45.7. The second kappa shape index (κ2) is 57.0. The molecule has 0 unspecified atom stereocenters. The van der Waals surface area contributed by atoms with Crippen LogP contribution in [0.3, 0.4) is 0 Å². The van der Waals surface area contributed by atoms with E-state index in [0.29, 0.717) is 45.1 Å². The Morgan fingerprint density at radius 2 is 0.562 bits per heavy atom. The highest BCUT2D eigenvalue weighted by Gasteiger charge is 2.19. The summed E-state index contributed by atoms with van der Waals surface area (Å²) >= 11 is 0. The Hall–Kier alpha value is -11.1. The van der Waals surface area contributed by atoms with E-state index in [1.807, 2.05) is 172 Å². The predicted molar refractivity (Wildman–Crippen MR) is 541 cm³/mol. The van der Waals surface area contributed by atoms with Crippen LogP contribution in [0.1, 0.15) is 218 Å². The van der Waals surface area contributed by atoms with Gasteiger partial charge in [0.25, 0.3) is 5.91 Å². The second-order valence-electron chi connectivity index (χ2n) is 36.2. The van der Waals surface area contributed by atoms with Crippen LogP contribution in [0.15, 0.2) is 218 Å². The maximum absolute atomic E-state index is 12.1. The van der Waals surface area contributed by atoms with Crippen LogP contribution in [0.2, 0.25) is 0 Å². The van der Waals surface area contributed by atoms with Gasteiger partial charge < -0.3 is 43.0 Å². The number of hydrogen-bond acceptors (Lipinski definition) is 13. The molecule has 9 aromatic carbocycles. The topological polar surface area (TPSA) is 94.6 Å². The highest BCUT2D eigenvalue weighted by Crippen LogP contribution is 2.27. The van der Waals surface area contributed by atoms with Gasteiger partial charge in [-0.2, -0.15) is 0 Å². The van der Waals surface area contributed by atoms with Crippen molar-refractivity contribution in [2.45, 2.75) is 203 Å². The van der Waals surface area contributed by atoms with Crippen LogP contribution in [0.5, 0.6) is 5.75 Å². The van der Waals surface area contributed by atoms with E-state index < -0.39 is 0 Å². The molecule has 0 N–H and O–H groups in total. The quantitative estimate of drug-likeness (QED) is 0.0222. The monoisotopic (exact) mass is 1750 g/mol. The predicted octanol–water partition coefficient (Wildman–Crippen LogP) is 23.3. The van der Waals surface area contributed by atoms with Crippen molar-refractivity contribution in [1.82, 2.24) is 14.7 Å². The minimum atomic E-state index is -0.182. The average Bonchev–Trinajstić information content (AvgIpc) is 0.828. The first kappa shape index (κ1) is 109. The van der Waals surface area contributed by atoms with Gasteiger partial charge in [0.2, 0.25) is 0 Å². The van der Waals surface area contributed by atoms with E-state index in [2.05, 4.69) is 237 Å². The summed E-state index contributed by atoms with van der Waals surface area (Å²) in [5, 5.41) is 0. The highest BCUT2D eigenvalue weighted by molar-refractivity contribution is 8.76. The Bertz CT molecular complexity index is 4930. The minimum Gasteiger partial charge on any atom is -0.491 e. The number of ether oxygens (including phenoxy) is 7. The van der Waals surface area contributed by atoms with Gasteiger partial charge in [0, 0.05) is 134 Å². The third kappa shape index (κ3) is 50.5. The van der Waals surface area contributed by atoms with E-state index in [0.717, 1.165) is 126 Å². The molecule has 0 aliphatic heterocycles. The van der Waals surface area contributed by atoms with Crippen LogP contribution in [-0.2, 0) is 73.5 Å². The maximum Gasteiger partial charge on any atom is 0.253 e. The second-order valence-corrected chi connectivity index (χ2v) is 38.8. The Balaban J connectivity index is 0.000000328. The number of hydrogen-bond donors (Lipinski definition) is 0. The molecular weight excluding hydrogens is 1620 g/mol. The number of anilines is 1. The number of benzene rings is 9. The van der Waals surface area contributed by atoms with Crippen LogP contribution in [-0.4, -0.2) is 133 Å². The van der Waals surface area contributed by atoms with Gasteiger partial charge in [-0.25, -0.2) is 0 Å². The molecule has 674 valence electrons. The molecule has 0 saturated heterocycles. The van der Waals surface area contributed by atoms with Crippen molar-refractivity contribution in [2.75, 3.05) is 84.0 Å². The molecule has 9 rings (SSSR count). The lowest BCUT2D eigenvalue weighted by atomic mass is 10.1. The van der Waals surface area contributed by atoms with Crippen LogP contribution >= 0.6 is 21.6 Å². The van der Waals surface area contributed by atoms with Crippen molar-refractivity contribution >= 4 is 33.2 Å². The van der Waals surface area contributed by atoms with Crippen molar-refractivity contribution in [3.8, 4) is 104 Å². The molecule has 0 aromatic heterocycles. The molecule has 0 bridgehead atoms. The van der Waals surface area contributed by atoms with E-state index in [4.69, 9.17) is 84.5 Å². The smallest absolute Gasteiger partial charge is 0.253 e. The van der Waals surface area contributed by atoms with Gasteiger partial charge in [-0.15, -0.1) is 51.4 Å². The number of carbonyl (C=O) groups is 1. The zero-order chi connectivity index (χ0) is 94.8. The Labute approximate surface area is 779 Å². The largest absolute Gasteiger partial charge is 0.491 e. The number of nitrogens with zero attached hydrogens (tertiary/aromatic N) is 4. The van der Waals surface area contributed by atoms with Crippen LogP contribution in [0, 0.1) is 98.8 Å². The summed E-state index contributed by atoms with van der Waals surface area (Å²) in [5.41, 5.74) is 16.9. The van der Waals surface area contributed by atoms with Gasteiger partial charge in [-0.3, -0.25) is 14.6 Å². The lowest BCUT2D eigenvalue weighted by Crippen LogP contribution is -2.32. The highest BCUT2D eigenvalue weighted by atomic mass is 33.1. The standard InChI is InChI=1S/C30H31NO.C24H27NO.C16H21NO2.C15H21NO.C15H20OS2.C14H18O2/c1-6-24-8-12-26(13-9-24)20-31(21-27-14-10-25(7-2)11-15-27)22-28-16-18-29(19-17-28)23-32-30(3,4)5;1-6-20-8-12-22(13-9-20)18-25(16-17-26-24(3,4)5)19-23-14-10-21(7-2)11-15-23;1-6-13-7-9-14(10-8-13)15(18)17(5)11-12-19-16(2,3)4;1-6-13-7-9-14(10-8-13)16(5)11-12-17-15(2,3)4;1-5-13-6-8-14(9-7-13)12-18-17-11-10-16-15(2,3)4;1-5-12-6-8-13(9-7-12)15-10-11-16-14(2,3)4/h1-2,8-19H,20-23H2,3-5H3;1-2,8-15H,16-19H2,3-5H3;1,7-10H,11-12H2,2-5H3;1,7-10H,11-12H2,2-5H3;1,6-9H,10-12H2,2-4H3;1,6-9H,10-11H2,2-4H3. The molecule has 0 radical (unpaired) electrons. The molecule has 14 heteroatoms. The van der Waals surface area contributed by atoms with Gasteiger partial charge in [-0.1, -0.05) is 154 Å². The average molecular weight is 1760 g/mol. The third-order valence-electron chi connectivity index (χ3n) is 18.2. The molecule has 0 fully saturated rings. The van der Waals surface area contributed by atoms with Gasteiger partial charge in [0.05, 0.1) is 73.2 Å². The van der Waals surface area contributed by atoms with Crippen LogP contribution < -0.4 is 9.64 Å². The molecule has 0 spiro atoms. The fourth-order valence-corrected chi connectivity index (χ4v) is 13.3. The van der Waals surface area contributed by atoms with E-state index in [1.165, 1.54) is 38.9 Å². The molecule has 0 atom stereocenters. The van der Waals surface area contributed by atoms with Crippen LogP contribution in [0.4, 0.5) is 5.69 Å². The third-order valence-corrected chi connectivity index (χ3v) is 20.5. The SMILES string of the molecule is C#Cc1ccc(C(=O)N(C)CCOC(C)(C)C)cc1.C#Cc1ccc(CN(CCOC(C)(C)C)Cc2ccc(C#C)cc2)cc1.C#Cc1ccc(CN(Cc2ccc(C#C)cc2)Cc2ccc(COC(C)(C)C)cc2)cc1.C#Cc1ccc(CSSCCOC(C)(C)C)cc1.C#Cc1ccc(N(C)CCOC(C)(C)C)cc1.C#Cc1ccc(OCCOC(C)(C)C)cc1. The number of amides is 1. The summed E-state index contributed by atoms with van der Waals surface area (Å²) in [7, 11) is 7.53. The maximum atomic E-state index is 12.1. The van der Waals surface area contributed by atoms with E-state index >= 15 is 0 Å². The molecular formula is C114H138N4O8S2. The molecule has 9 aromatic rings. The van der Waals surface area contributed by atoms with E-state index in [1.54, 1.807) is 36.2 Å². The van der Waals surface area contributed by atoms with Crippen molar-refractivity contribution in [2.24, 2.45) is 0 Å². The van der Waals surface area contributed by atoms with Gasteiger partial charge in [-0.05, 0) is 297 Å². The van der Waals surface area contributed by atoms with Gasteiger partial charge in [0.1, 0.15) is 12.4 Å². The Morgan fingerprint density at radius 3 is 0.906 bits per heavy atom. The number of terminal acetylenes is 8. The summed E-state index contributed by atoms with van der Waals surface area (Å²) in [6, 6.07) is 72.1. The lowest BCUT2D eigenvalue weighted by molar-refractivity contribution is -0.0163. The van der Waals surface area contributed by atoms with Crippen molar-refractivity contribution < 1.29 is 38.0 Å². The molecule has 0 aliphatic rings. The molecule has 12 nitrogen and oxygen atoms in total. The normalized spacial score (nSPS) is 11.1. The molecule has 0 heterocycles. The summed E-state index contributed by atoms with van der Waals surface area (Å²) in [6.07, 6.45) is 43.1. The minimum absolute atomic E-state index is 0.0268. The van der Waals surface area contributed by atoms with Crippen molar-refractivity contribution in [3.05, 3.63) is 307 Å². The fraction of sp³-hybridized carbons (Fsp3) is 0.377. The fourth-order valence-electron chi connectivity index (χ4n) is 11.4. The summed E-state index contributed by atoms with van der Waals surface area (Å²) in [5.74, 6) is 23.8. The van der Waals surface area contributed by atoms with E-state index in [-0.39, 0.29) is 39.5 Å². The summed E-state index contributed by atoms with van der Waals surface area (Å²) in [6.45, 7) is 47.9. The van der Waals surface area contributed by atoms with E-state index in [9.17, 15) is 4.79 Å². The van der Waals surface area contributed by atoms with Crippen LogP contribution in [0.25, 0.3) is 0 Å². The number of likely N-dealkylation sites (N-methyl/N-ethyl adjacent to an activating group) is 2. The first-order chi connectivity index (χ1) is 60.5. The van der Waals surface area contributed by atoms with Gasteiger partial charge >= 0.3 is 0 Å².